The Morgan fingerprint density at radius 1 is 1.42 bits per heavy atom. The fourth-order valence-corrected chi connectivity index (χ4v) is 2.77. The Kier molecular flexibility index (Phi) is 4.16. The molecule has 1 amide bonds. The first-order valence-corrected chi connectivity index (χ1v) is 6.96. The van der Waals surface area contributed by atoms with Crippen molar-refractivity contribution in [1.29, 1.82) is 0 Å². The zero-order valence-corrected chi connectivity index (χ0v) is 12.4. The number of hydrogen-bond donors (Lipinski definition) is 0. The van der Waals surface area contributed by atoms with Gasteiger partial charge in [0.1, 0.15) is 5.60 Å². The minimum absolute atomic E-state index is 0.0254. The van der Waals surface area contributed by atoms with Crippen LogP contribution < -0.4 is 0 Å². The predicted molar refractivity (Wildman–Crippen MR) is 76.2 cm³/mol. The summed E-state index contributed by atoms with van der Waals surface area (Å²) >= 11 is 6.25. The minimum atomic E-state index is -0.788. The summed E-state index contributed by atoms with van der Waals surface area (Å²) in [5, 5.41) is 0.724. The summed E-state index contributed by atoms with van der Waals surface area (Å²) in [7, 11) is 1.57. The second-order valence-corrected chi connectivity index (χ2v) is 5.80. The molecule has 0 spiro atoms. The summed E-state index contributed by atoms with van der Waals surface area (Å²) in [6, 6.07) is 7.81. The van der Waals surface area contributed by atoms with Gasteiger partial charge >= 0.3 is 0 Å². The largest absolute Gasteiger partial charge is 0.369 e. The summed E-state index contributed by atoms with van der Waals surface area (Å²) < 4.78 is 5.30. The van der Waals surface area contributed by atoms with Gasteiger partial charge in [-0.05, 0) is 38.3 Å². The van der Waals surface area contributed by atoms with Gasteiger partial charge in [-0.2, -0.15) is 0 Å². The first-order valence-electron chi connectivity index (χ1n) is 6.58. The molecule has 0 bridgehead atoms. The van der Waals surface area contributed by atoms with Crippen LogP contribution in [0.3, 0.4) is 0 Å². The van der Waals surface area contributed by atoms with E-state index in [2.05, 4.69) is 0 Å². The summed E-state index contributed by atoms with van der Waals surface area (Å²) in [5.41, 5.74) is 0.242. The Morgan fingerprint density at radius 3 is 2.74 bits per heavy atom. The Morgan fingerprint density at radius 2 is 2.11 bits per heavy atom. The van der Waals surface area contributed by atoms with Crippen LogP contribution in [0.4, 0.5) is 0 Å². The Hall–Kier alpha value is -1.06. The summed E-state index contributed by atoms with van der Waals surface area (Å²) in [5.74, 6) is 0.0254. The van der Waals surface area contributed by atoms with E-state index >= 15 is 0 Å². The topological polar surface area (TPSA) is 29.5 Å². The average molecular weight is 282 g/mol. The molecule has 2 rings (SSSR count). The minimum Gasteiger partial charge on any atom is -0.369 e. The maximum atomic E-state index is 12.6. The zero-order chi connectivity index (χ0) is 14.0. The number of carbonyl (C=O) groups excluding carboxylic acids is 1. The van der Waals surface area contributed by atoms with E-state index < -0.39 is 5.60 Å². The van der Waals surface area contributed by atoms with Gasteiger partial charge in [0.25, 0.3) is 5.91 Å². The molecule has 0 radical (unpaired) electrons. The Bertz CT molecular complexity index is 473. The molecule has 1 aromatic carbocycles. The van der Waals surface area contributed by atoms with Crippen molar-refractivity contribution in [2.75, 3.05) is 13.7 Å². The molecule has 0 saturated carbocycles. The highest BCUT2D eigenvalue weighted by Crippen LogP contribution is 2.37. The van der Waals surface area contributed by atoms with Crippen LogP contribution in [0.5, 0.6) is 0 Å². The van der Waals surface area contributed by atoms with Crippen LogP contribution in [-0.4, -0.2) is 30.1 Å². The standard InChI is InChI=1S/C15H20ClNO2/c1-15(2,19-3)14(18)17-10-6-9-13(17)11-7-4-5-8-12(11)16/h4-5,7-8,13H,6,9-10H2,1-3H3. The number of rotatable bonds is 3. The van der Waals surface area contributed by atoms with Crippen molar-refractivity contribution in [2.45, 2.75) is 38.3 Å². The molecular formula is C15H20ClNO2. The van der Waals surface area contributed by atoms with E-state index in [1.165, 1.54) is 0 Å². The maximum absolute atomic E-state index is 12.6. The molecule has 0 N–H and O–H groups in total. The molecule has 1 heterocycles. The molecule has 1 saturated heterocycles. The van der Waals surface area contributed by atoms with Crippen molar-refractivity contribution in [1.82, 2.24) is 4.90 Å². The van der Waals surface area contributed by atoms with E-state index in [0.29, 0.717) is 0 Å². The summed E-state index contributed by atoms with van der Waals surface area (Å²) in [4.78, 5) is 14.4. The van der Waals surface area contributed by atoms with Gasteiger partial charge < -0.3 is 9.64 Å². The highest BCUT2D eigenvalue weighted by molar-refractivity contribution is 6.31. The molecule has 1 aliphatic heterocycles. The fourth-order valence-electron chi connectivity index (χ4n) is 2.51. The molecule has 19 heavy (non-hydrogen) atoms. The van der Waals surface area contributed by atoms with E-state index in [-0.39, 0.29) is 11.9 Å². The number of halogens is 1. The van der Waals surface area contributed by atoms with Crippen molar-refractivity contribution in [3.8, 4) is 0 Å². The highest BCUT2D eigenvalue weighted by Gasteiger charge is 2.38. The van der Waals surface area contributed by atoms with Crippen molar-refractivity contribution in [2.24, 2.45) is 0 Å². The Labute approximate surface area is 119 Å². The second kappa shape index (κ2) is 5.51. The van der Waals surface area contributed by atoms with Crippen LogP contribution >= 0.6 is 11.6 Å². The van der Waals surface area contributed by atoms with Crippen LogP contribution in [0.15, 0.2) is 24.3 Å². The van der Waals surface area contributed by atoms with E-state index in [1.54, 1.807) is 21.0 Å². The SMILES string of the molecule is COC(C)(C)C(=O)N1CCCC1c1ccccc1Cl. The first-order chi connectivity index (χ1) is 8.97. The zero-order valence-electron chi connectivity index (χ0n) is 11.6. The number of amides is 1. The van der Waals surface area contributed by atoms with E-state index in [4.69, 9.17) is 16.3 Å². The molecule has 0 aromatic heterocycles. The van der Waals surface area contributed by atoms with Crippen LogP contribution in [0.2, 0.25) is 5.02 Å². The lowest BCUT2D eigenvalue weighted by atomic mass is 10.0. The number of benzene rings is 1. The molecular weight excluding hydrogens is 262 g/mol. The third kappa shape index (κ3) is 2.77. The maximum Gasteiger partial charge on any atom is 0.254 e. The number of hydrogen-bond acceptors (Lipinski definition) is 2. The molecule has 0 aliphatic carbocycles. The average Bonchev–Trinajstić information content (AvgIpc) is 2.87. The molecule has 3 nitrogen and oxygen atoms in total. The quantitative estimate of drug-likeness (QED) is 0.849. The third-order valence-electron chi connectivity index (χ3n) is 3.80. The van der Waals surface area contributed by atoms with Gasteiger partial charge in [-0.25, -0.2) is 0 Å². The fraction of sp³-hybridized carbons (Fsp3) is 0.533. The first kappa shape index (κ1) is 14.4. The van der Waals surface area contributed by atoms with E-state index in [9.17, 15) is 4.79 Å². The van der Waals surface area contributed by atoms with Crippen LogP contribution in [0.25, 0.3) is 0 Å². The second-order valence-electron chi connectivity index (χ2n) is 5.39. The lowest BCUT2D eigenvalue weighted by Crippen LogP contribution is -2.46. The van der Waals surface area contributed by atoms with Gasteiger partial charge in [0, 0.05) is 18.7 Å². The van der Waals surface area contributed by atoms with Gasteiger partial charge in [0.15, 0.2) is 0 Å². The predicted octanol–water partition coefficient (Wildman–Crippen LogP) is 3.43. The number of ether oxygens (including phenoxy) is 1. The van der Waals surface area contributed by atoms with Crippen molar-refractivity contribution in [3.63, 3.8) is 0 Å². The van der Waals surface area contributed by atoms with Crippen LogP contribution in [0.1, 0.15) is 38.3 Å². The van der Waals surface area contributed by atoms with Crippen LogP contribution in [-0.2, 0) is 9.53 Å². The molecule has 1 atom stereocenters. The molecule has 4 heteroatoms. The number of carbonyl (C=O) groups is 1. The van der Waals surface area contributed by atoms with Crippen molar-refractivity contribution >= 4 is 17.5 Å². The van der Waals surface area contributed by atoms with Crippen molar-refractivity contribution in [3.05, 3.63) is 34.9 Å². The van der Waals surface area contributed by atoms with E-state index in [1.807, 2.05) is 29.2 Å². The van der Waals surface area contributed by atoms with Gasteiger partial charge in [0.05, 0.1) is 6.04 Å². The van der Waals surface area contributed by atoms with Gasteiger partial charge in [-0.15, -0.1) is 0 Å². The molecule has 1 fully saturated rings. The molecule has 104 valence electrons. The molecule has 1 aromatic rings. The normalized spacial score (nSPS) is 19.8. The monoisotopic (exact) mass is 281 g/mol. The number of nitrogens with zero attached hydrogens (tertiary/aromatic N) is 1. The highest BCUT2D eigenvalue weighted by atomic mass is 35.5. The van der Waals surface area contributed by atoms with Crippen molar-refractivity contribution < 1.29 is 9.53 Å². The third-order valence-corrected chi connectivity index (χ3v) is 4.15. The lowest BCUT2D eigenvalue weighted by Gasteiger charge is -2.32. The van der Waals surface area contributed by atoms with Gasteiger partial charge in [-0.3, -0.25) is 4.79 Å². The smallest absolute Gasteiger partial charge is 0.254 e. The molecule has 1 aliphatic rings. The number of likely N-dealkylation sites (tertiary alicyclic amines) is 1. The van der Waals surface area contributed by atoms with E-state index in [0.717, 1.165) is 30.0 Å². The number of methoxy groups -OCH3 is 1. The molecule has 1 unspecified atom stereocenters. The van der Waals surface area contributed by atoms with Gasteiger partial charge in [-0.1, -0.05) is 29.8 Å². The van der Waals surface area contributed by atoms with Gasteiger partial charge in [0.2, 0.25) is 0 Å². The summed E-state index contributed by atoms with van der Waals surface area (Å²) in [6.07, 6.45) is 1.96. The summed E-state index contributed by atoms with van der Waals surface area (Å²) in [6.45, 7) is 4.37. The van der Waals surface area contributed by atoms with Crippen LogP contribution in [0, 0.1) is 0 Å². The Balaban J connectivity index is 2.28. The lowest BCUT2D eigenvalue weighted by molar-refractivity contribution is -0.152.